The lowest BCUT2D eigenvalue weighted by Crippen LogP contribution is -2.43. The molecular weight excluding hydrogens is 502 g/mol. The highest BCUT2D eigenvalue weighted by atomic mass is 19.1. The van der Waals surface area contributed by atoms with Crippen LogP contribution in [0.1, 0.15) is 43.0 Å². The molecule has 1 aromatic heterocycles. The number of nitrogens with zero attached hydrogens (tertiary/aromatic N) is 2. The van der Waals surface area contributed by atoms with E-state index in [2.05, 4.69) is 9.88 Å². The molecule has 1 fully saturated rings. The third kappa shape index (κ3) is 6.19. The summed E-state index contributed by atoms with van der Waals surface area (Å²) in [5, 5.41) is 10.9. The number of nitrogens with two attached hydrogens (primary N) is 1. The van der Waals surface area contributed by atoms with Crippen molar-refractivity contribution in [3.05, 3.63) is 65.1 Å². The van der Waals surface area contributed by atoms with Crippen LogP contribution in [0, 0.1) is 22.9 Å². The normalized spacial score (nSPS) is 16.5. The molecule has 1 atom stereocenters. The molecule has 206 valence electrons. The van der Waals surface area contributed by atoms with Crippen LogP contribution in [0.5, 0.6) is 11.5 Å². The fraction of sp³-hybridized carbons (Fsp3) is 0.464. The van der Waals surface area contributed by atoms with Crippen molar-refractivity contribution in [3.8, 4) is 11.5 Å². The fourth-order valence-electron chi connectivity index (χ4n) is 5.15. The summed E-state index contributed by atoms with van der Waals surface area (Å²) in [6, 6.07) is 6.50. The molecule has 6 nitrogen and oxygen atoms in total. The number of hydrogen-bond acceptors (Lipinski definition) is 6. The zero-order chi connectivity index (χ0) is 27.3. The van der Waals surface area contributed by atoms with Crippen molar-refractivity contribution in [2.24, 2.45) is 11.1 Å². The first-order valence-corrected chi connectivity index (χ1v) is 12.7. The van der Waals surface area contributed by atoms with Gasteiger partial charge in [-0.2, -0.15) is 0 Å². The number of aromatic nitrogens is 1. The lowest BCUT2D eigenvalue weighted by molar-refractivity contribution is 0.0263. The molecule has 4 rings (SSSR count). The largest absolute Gasteiger partial charge is 0.497 e. The van der Waals surface area contributed by atoms with E-state index in [-0.39, 0.29) is 26.2 Å². The van der Waals surface area contributed by atoms with Gasteiger partial charge in [0, 0.05) is 49.0 Å². The number of alkyl halides is 1. The van der Waals surface area contributed by atoms with Gasteiger partial charge in [-0.15, -0.1) is 0 Å². The molecule has 3 N–H and O–H groups in total. The van der Waals surface area contributed by atoms with Crippen LogP contribution in [-0.2, 0) is 6.54 Å². The molecule has 0 unspecified atom stereocenters. The number of aliphatic hydroxyl groups excluding tert-OH is 1. The number of halogens is 4. The minimum absolute atomic E-state index is 0.0264. The number of aliphatic hydroxyl groups is 1. The van der Waals surface area contributed by atoms with Gasteiger partial charge < -0.3 is 20.3 Å². The van der Waals surface area contributed by atoms with Crippen LogP contribution in [0.2, 0.25) is 0 Å². The molecule has 2 heterocycles. The number of methoxy groups -OCH3 is 1. The molecule has 0 spiro atoms. The van der Waals surface area contributed by atoms with Gasteiger partial charge in [0.15, 0.2) is 17.4 Å². The fourth-order valence-corrected chi connectivity index (χ4v) is 5.15. The van der Waals surface area contributed by atoms with Gasteiger partial charge in [-0.25, -0.2) is 17.6 Å². The monoisotopic (exact) mass is 535 g/mol. The first kappa shape index (κ1) is 28.1. The first-order valence-electron chi connectivity index (χ1n) is 12.7. The molecule has 0 bridgehead atoms. The number of fused-ring (bicyclic) bond motifs is 1. The first-order chi connectivity index (χ1) is 18.3. The Bertz CT molecular complexity index is 1220. The van der Waals surface area contributed by atoms with Crippen molar-refractivity contribution in [3.63, 3.8) is 0 Å². The van der Waals surface area contributed by atoms with Gasteiger partial charge >= 0.3 is 0 Å². The van der Waals surface area contributed by atoms with Crippen molar-refractivity contribution in [2.45, 2.75) is 38.4 Å². The summed E-state index contributed by atoms with van der Waals surface area (Å²) in [4.78, 5) is 6.46. The van der Waals surface area contributed by atoms with Gasteiger partial charge in [-0.05, 0) is 68.0 Å². The van der Waals surface area contributed by atoms with Gasteiger partial charge in [0.25, 0.3) is 0 Å². The molecule has 2 aromatic carbocycles. The summed E-state index contributed by atoms with van der Waals surface area (Å²) in [5.41, 5.74) is 7.29. The molecule has 3 aromatic rings. The Morgan fingerprint density at radius 3 is 2.47 bits per heavy atom. The number of benzene rings is 2. The number of rotatable bonds is 11. The Kier molecular flexibility index (Phi) is 9.07. The maximum atomic E-state index is 15.8. The van der Waals surface area contributed by atoms with Crippen LogP contribution >= 0.6 is 0 Å². The number of ether oxygens (including phenoxy) is 2. The molecule has 10 heteroatoms. The average Bonchev–Trinajstić information content (AvgIpc) is 2.92. The molecule has 1 aliphatic rings. The third-order valence-corrected chi connectivity index (χ3v) is 7.53. The summed E-state index contributed by atoms with van der Waals surface area (Å²) in [7, 11) is 1.55. The van der Waals surface area contributed by atoms with E-state index in [1.807, 2.05) is 0 Å². The number of piperidine rings is 1. The number of pyridine rings is 1. The summed E-state index contributed by atoms with van der Waals surface area (Å²) < 4.78 is 67.0. The Labute approximate surface area is 219 Å². The van der Waals surface area contributed by atoms with Crippen LogP contribution in [0.25, 0.3) is 10.9 Å². The van der Waals surface area contributed by atoms with Gasteiger partial charge in [0.05, 0.1) is 12.6 Å². The Balaban J connectivity index is 1.35. The van der Waals surface area contributed by atoms with E-state index in [0.717, 1.165) is 0 Å². The van der Waals surface area contributed by atoms with Gasteiger partial charge in [0.1, 0.15) is 24.3 Å². The summed E-state index contributed by atoms with van der Waals surface area (Å²) in [5.74, 6) is -3.16. The lowest BCUT2D eigenvalue weighted by Gasteiger charge is -2.41. The van der Waals surface area contributed by atoms with E-state index in [1.165, 1.54) is 0 Å². The quantitative estimate of drug-likeness (QED) is 0.334. The summed E-state index contributed by atoms with van der Waals surface area (Å²) in [6.07, 6.45) is 2.31. The van der Waals surface area contributed by atoms with Crippen molar-refractivity contribution in [1.29, 1.82) is 0 Å². The molecule has 0 aliphatic carbocycles. The van der Waals surface area contributed by atoms with Gasteiger partial charge in [-0.1, -0.05) is 0 Å². The lowest BCUT2D eigenvalue weighted by atomic mass is 9.74. The molecule has 1 aliphatic heterocycles. The van der Waals surface area contributed by atoms with E-state index in [1.54, 1.807) is 31.5 Å². The van der Waals surface area contributed by atoms with Gasteiger partial charge in [-0.3, -0.25) is 9.88 Å². The van der Waals surface area contributed by atoms with E-state index in [9.17, 15) is 18.3 Å². The molecule has 0 radical (unpaired) electrons. The highest BCUT2D eigenvalue weighted by molar-refractivity contribution is 5.85. The van der Waals surface area contributed by atoms with Crippen molar-refractivity contribution in [1.82, 2.24) is 9.88 Å². The van der Waals surface area contributed by atoms with Crippen LogP contribution in [0.4, 0.5) is 17.6 Å². The van der Waals surface area contributed by atoms with E-state index >= 15 is 4.39 Å². The van der Waals surface area contributed by atoms with Crippen LogP contribution in [-0.4, -0.2) is 54.9 Å². The maximum Gasteiger partial charge on any atom is 0.190 e. The van der Waals surface area contributed by atoms with Crippen molar-refractivity contribution >= 4 is 10.9 Å². The Morgan fingerprint density at radius 2 is 1.84 bits per heavy atom. The second kappa shape index (κ2) is 12.3. The van der Waals surface area contributed by atoms with Crippen molar-refractivity contribution in [2.75, 3.05) is 40.0 Å². The predicted octanol–water partition coefficient (Wildman–Crippen LogP) is 5.06. The highest BCUT2D eigenvalue weighted by Crippen LogP contribution is 2.41. The Hall–Kier alpha value is -2.95. The zero-order valence-corrected chi connectivity index (χ0v) is 21.4. The molecular formula is C28H33F4N3O3. The van der Waals surface area contributed by atoms with Gasteiger partial charge in [0.2, 0.25) is 0 Å². The molecule has 1 saturated heterocycles. The van der Waals surface area contributed by atoms with E-state index < -0.39 is 34.8 Å². The minimum atomic E-state index is -1.29. The topological polar surface area (TPSA) is 80.8 Å². The highest BCUT2D eigenvalue weighted by Gasteiger charge is 2.35. The molecule has 38 heavy (non-hydrogen) atoms. The SMILES string of the molecule is COc1ccc2ncc(CN)c([C@H](F)CCC3(CO)CCN(CCOc4c(F)cc(F)cc4F)CC3)c2c1. The zero-order valence-electron chi connectivity index (χ0n) is 21.4. The molecule has 0 amide bonds. The third-order valence-electron chi connectivity index (χ3n) is 7.53. The number of hydrogen-bond donors (Lipinski definition) is 2. The standard InChI is InChI=1S/C28H33F4N3O3/c1-37-20-2-3-25-21(14-20)26(18(15-33)16-34-25)22(30)4-5-28(17-36)6-8-35(9-7-28)10-11-38-27-23(31)12-19(29)13-24(27)32/h2-3,12-14,16,22,36H,4-11,15,17,33H2,1H3/t22-/m1/s1. The predicted molar refractivity (Wildman–Crippen MR) is 136 cm³/mol. The van der Waals surface area contributed by atoms with E-state index in [0.29, 0.717) is 78.8 Å². The summed E-state index contributed by atoms with van der Waals surface area (Å²) in [6.45, 7) is 1.78. The van der Waals surface area contributed by atoms with Crippen molar-refractivity contribution < 1.29 is 32.1 Å². The van der Waals surface area contributed by atoms with Crippen LogP contribution < -0.4 is 15.2 Å². The average molecular weight is 536 g/mol. The van der Waals surface area contributed by atoms with Crippen LogP contribution in [0.3, 0.4) is 0 Å². The second-order valence-corrected chi connectivity index (χ2v) is 9.84. The summed E-state index contributed by atoms with van der Waals surface area (Å²) >= 11 is 0. The smallest absolute Gasteiger partial charge is 0.190 e. The minimum Gasteiger partial charge on any atom is -0.497 e. The maximum absolute atomic E-state index is 15.8. The number of likely N-dealkylation sites (tertiary alicyclic amines) is 1. The Morgan fingerprint density at radius 1 is 1.13 bits per heavy atom. The molecule has 0 saturated carbocycles. The second-order valence-electron chi connectivity index (χ2n) is 9.84. The van der Waals surface area contributed by atoms with E-state index in [4.69, 9.17) is 15.2 Å². The van der Waals surface area contributed by atoms with Crippen LogP contribution in [0.15, 0.2) is 36.5 Å².